The largest absolute Gasteiger partial charge is 0.573 e. The molecule has 0 unspecified atom stereocenters. The number of alkyl halides is 3. The van der Waals surface area contributed by atoms with Crippen molar-refractivity contribution in [2.45, 2.75) is 13.0 Å². The molecular weight excluding hydrogens is 273 g/mol. The summed E-state index contributed by atoms with van der Waals surface area (Å²) >= 11 is 0. The van der Waals surface area contributed by atoms with Gasteiger partial charge in [0.25, 0.3) is 0 Å². The Kier molecular flexibility index (Phi) is 3.80. The van der Waals surface area contributed by atoms with Crippen molar-refractivity contribution >= 4 is 5.82 Å². The SMILES string of the molecule is Nc1ncc(CO)cc1-c1ccccc1OC(F)(F)F. The van der Waals surface area contributed by atoms with Crippen LogP contribution in [-0.4, -0.2) is 16.5 Å². The van der Waals surface area contributed by atoms with E-state index in [1.807, 2.05) is 0 Å². The molecule has 20 heavy (non-hydrogen) atoms. The highest BCUT2D eigenvalue weighted by Crippen LogP contribution is 2.36. The molecule has 2 rings (SSSR count). The molecule has 0 atom stereocenters. The summed E-state index contributed by atoms with van der Waals surface area (Å²) in [6.07, 6.45) is -3.45. The highest BCUT2D eigenvalue weighted by molar-refractivity contribution is 5.78. The highest BCUT2D eigenvalue weighted by Gasteiger charge is 2.32. The lowest BCUT2D eigenvalue weighted by Gasteiger charge is -2.14. The van der Waals surface area contributed by atoms with Crippen LogP contribution in [0.1, 0.15) is 5.56 Å². The third kappa shape index (κ3) is 3.18. The zero-order valence-electron chi connectivity index (χ0n) is 10.2. The van der Waals surface area contributed by atoms with E-state index in [1.54, 1.807) is 6.07 Å². The lowest BCUT2D eigenvalue weighted by atomic mass is 10.0. The first-order valence-electron chi connectivity index (χ1n) is 5.61. The van der Waals surface area contributed by atoms with Crippen LogP contribution in [0, 0.1) is 0 Å². The lowest BCUT2D eigenvalue weighted by molar-refractivity contribution is -0.274. The average molecular weight is 284 g/mol. The lowest BCUT2D eigenvalue weighted by Crippen LogP contribution is -2.17. The minimum atomic E-state index is -4.80. The van der Waals surface area contributed by atoms with Crippen LogP contribution < -0.4 is 10.5 Å². The van der Waals surface area contributed by atoms with E-state index in [0.717, 1.165) is 0 Å². The summed E-state index contributed by atoms with van der Waals surface area (Å²) in [4.78, 5) is 3.84. The van der Waals surface area contributed by atoms with Gasteiger partial charge in [-0.25, -0.2) is 4.98 Å². The minimum Gasteiger partial charge on any atom is -0.405 e. The zero-order chi connectivity index (χ0) is 14.8. The quantitative estimate of drug-likeness (QED) is 0.909. The smallest absolute Gasteiger partial charge is 0.405 e. The van der Waals surface area contributed by atoms with E-state index in [2.05, 4.69) is 9.72 Å². The highest BCUT2D eigenvalue weighted by atomic mass is 19.4. The molecule has 1 heterocycles. The van der Waals surface area contributed by atoms with Crippen molar-refractivity contribution in [3.05, 3.63) is 42.1 Å². The summed E-state index contributed by atoms with van der Waals surface area (Å²) in [5.74, 6) is -0.316. The first-order valence-corrected chi connectivity index (χ1v) is 5.61. The average Bonchev–Trinajstić information content (AvgIpc) is 2.38. The van der Waals surface area contributed by atoms with Crippen LogP contribution in [0.15, 0.2) is 36.5 Å². The van der Waals surface area contributed by atoms with Crippen LogP contribution in [0.5, 0.6) is 5.75 Å². The fraction of sp³-hybridized carbons (Fsp3) is 0.154. The number of anilines is 1. The van der Waals surface area contributed by atoms with Gasteiger partial charge in [-0.05, 0) is 17.7 Å². The van der Waals surface area contributed by atoms with E-state index < -0.39 is 6.36 Å². The van der Waals surface area contributed by atoms with Crippen LogP contribution >= 0.6 is 0 Å². The third-order valence-electron chi connectivity index (χ3n) is 2.56. The molecule has 7 heteroatoms. The first-order chi connectivity index (χ1) is 9.40. The number of halogens is 3. The molecule has 0 amide bonds. The van der Waals surface area contributed by atoms with Gasteiger partial charge in [-0.3, -0.25) is 0 Å². The van der Waals surface area contributed by atoms with Gasteiger partial charge in [0.15, 0.2) is 0 Å². The van der Waals surface area contributed by atoms with E-state index in [4.69, 9.17) is 10.8 Å². The summed E-state index contributed by atoms with van der Waals surface area (Å²) in [5.41, 5.74) is 6.55. The van der Waals surface area contributed by atoms with Gasteiger partial charge in [0.2, 0.25) is 0 Å². The summed E-state index contributed by atoms with van der Waals surface area (Å²) in [6, 6.07) is 7.08. The topological polar surface area (TPSA) is 68.4 Å². The first kappa shape index (κ1) is 14.1. The van der Waals surface area contributed by atoms with Crippen molar-refractivity contribution in [2.24, 2.45) is 0 Å². The number of hydrogen-bond donors (Lipinski definition) is 2. The van der Waals surface area contributed by atoms with Gasteiger partial charge in [0.1, 0.15) is 11.6 Å². The van der Waals surface area contributed by atoms with Crippen molar-refractivity contribution < 1.29 is 23.0 Å². The Balaban J connectivity index is 2.52. The van der Waals surface area contributed by atoms with Gasteiger partial charge in [-0.15, -0.1) is 13.2 Å². The van der Waals surface area contributed by atoms with E-state index in [0.29, 0.717) is 5.56 Å². The van der Waals surface area contributed by atoms with Crippen LogP contribution in [0.3, 0.4) is 0 Å². The molecule has 0 radical (unpaired) electrons. The van der Waals surface area contributed by atoms with Gasteiger partial charge in [0.05, 0.1) is 6.61 Å². The van der Waals surface area contributed by atoms with Crippen molar-refractivity contribution in [1.82, 2.24) is 4.98 Å². The number of aliphatic hydroxyl groups excluding tert-OH is 1. The molecule has 3 N–H and O–H groups in total. The number of aromatic nitrogens is 1. The molecule has 2 aromatic rings. The maximum Gasteiger partial charge on any atom is 0.573 e. The Morgan fingerprint density at radius 2 is 1.90 bits per heavy atom. The molecular formula is C13H11F3N2O2. The number of para-hydroxylation sites is 1. The molecule has 0 saturated carbocycles. The molecule has 1 aromatic heterocycles. The molecule has 0 saturated heterocycles. The Morgan fingerprint density at radius 3 is 2.55 bits per heavy atom. The van der Waals surface area contributed by atoms with E-state index >= 15 is 0 Å². The molecule has 106 valence electrons. The number of pyridine rings is 1. The fourth-order valence-electron chi connectivity index (χ4n) is 1.72. The third-order valence-corrected chi connectivity index (χ3v) is 2.56. The number of hydrogen-bond acceptors (Lipinski definition) is 4. The number of benzene rings is 1. The van der Waals surface area contributed by atoms with Gasteiger partial charge < -0.3 is 15.6 Å². The summed E-state index contributed by atoms with van der Waals surface area (Å²) in [6.45, 7) is -0.289. The molecule has 0 fully saturated rings. The van der Waals surface area contributed by atoms with Gasteiger partial charge in [0, 0.05) is 17.3 Å². The number of nitrogens with zero attached hydrogens (tertiary/aromatic N) is 1. The second-order valence-corrected chi connectivity index (χ2v) is 3.98. The predicted molar refractivity (Wildman–Crippen MR) is 66.7 cm³/mol. The van der Waals surface area contributed by atoms with E-state index in [9.17, 15) is 13.2 Å². The van der Waals surface area contributed by atoms with Crippen LogP contribution in [0.2, 0.25) is 0 Å². The number of aliphatic hydroxyl groups is 1. The van der Waals surface area contributed by atoms with Gasteiger partial charge in [-0.1, -0.05) is 18.2 Å². The molecule has 1 aromatic carbocycles. The molecule has 0 bridgehead atoms. The normalized spacial score (nSPS) is 11.4. The molecule has 0 aliphatic heterocycles. The number of ether oxygens (including phenoxy) is 1. The maximum absolute atomic E-state index is 12.4. The monoisotopic (exact) mass is 284 g/mol. The van der Waals surface area contributed by atoms with Crippen molar-refractivity contribution in [3.63, 3.8) is 0 Å². The van der Waals surface area contributed by atoms with Crippen LogP contribution in [0.25, 0.3) is 11.1 Å². The minimum absolute atomic E-state index is 0.0559. The molecule has 0 aliphatic rings. The van der Waals surface area contributed by atoms with Crippen molar-refractivity contribution in [3.8, 4) is 16.9 Å². The molecule has 4 nitrogen and oxygen atoms in total. The standard InChI is InChI=1S/C13H11F3N2O2/c14-13(15,16)20-11-4-2-1-3-9(11)10-5-8(7-19)6-18-12(10)17/h1-6,19H,7H2,(H2,17,18). The summed E-state index contributed by atoms with van der Waals surface area (Å²) in [5, 5.41) is 9.06. The van der Waals surface area contributed by atoms with E-state index in [-0.39, 0.29) is 29.3 Å². The van der Waals surface area contributed by atoms with Gasteiger partial charge >= 0.3 is 6.36 Å². The molecule has 0 aliphatic carbocycles. The number of nitrogens with two attached hydrogens (primary N) is 1. The molecule has 0 spiro atoms. The van der Waals surface area contributed by atoms with E-state index in [1.165, 1.54) is 30.5 Å². The van der Waals surface area contributed by atoms with Crippen molar-refractivity contribution in [2.75, 3.05) is 5.73 Å². The predicted octanol–water partition coefficient (Wildman–Crippen LogP) is 2.72. The number of rotatable bonds is 3. The Morgan fingerprint density at radius 1 is 1.20 bits per heavy atom. The summed E-state index contributed by atoms with van der Waals surface area (Å²) < 4.78 is 41.1. The van der Waals surface area contributed by atoms with Crippen LogP contribution in [-0.2, 0) is 6.61 Å². The fourth-order valence-corrected chi connectivity index (χ4v) is 1.72. The Hall–Kier alpha value is -2.28. The van der Waals surface area contributed by atoms with Crippen molar-refractivity contribution in [1.29, 1.82) is 0 Å². The van der Waals surface area contributed by atoms with Gasteiger partial charge in [-0.2, -0.15) is 0 Å². The maximum atomic E-state index is 12.4. The Bertz CT molecular complexity index is 615. The Labute approximate surface area is 112 Å². The number of nitrogen functional groups attached to an aromatic ring is 1. The second kappa shape index (κ2) is 5.38. The second-order valence-electron chi connectivity index (χ2n) is 3.98. The zero-order valence-corrected chi connectivity index (χ0v) is 10.2. The van der Waals surface area contributed by atoms with Crippen LogP contribution in [0.4, 0.5) is 19.0 Å². The summed E-state index contributed by atoms with van der Waals surface area (Å²) in [7, 11) is 0.